The van der Waals surface area contributed by atoms with E-state index in [-0.39, 0.29) is 5.78 Å². The van der Waals surface area contributed by atoms with E-state index in [1.165, 1.54) is 0 Å². The topological polar surface area (TPSA) is 108 Å². The number of hydrogen-bond donors (Lipinski definition) is 1. The van der Waals surface area contributed by atoms with E-state index in [2.05, 4.69) is 15.0 Å². The third kappa shape index (κ3) is 3.35. The van der Waals surface area contributed by atoms with Crippen molar-refractivity contribution in [2.45, 2.75) is 39.7 Å². The van der Waals surface area contributed by atoms with Crippen LogP contribution < -0.4 is 5.73 Å². The van der Waals surface area contributed by atoms with Crippen LogP contribution in [0, 0.1) is 12.3 Å². The molecule has 1 aliphatic heterocycles. The fourth-order valence-electron chi connectivity index (χ4n) is 3.71. The molecular weight excluding hydrogens is 380 g/mol. The van der Waals surface area contributed by atoms with E-state index in [4.69, 9.17) is 10.5 Å². The van der Waals surface area contributed by atoms with Gasteiger partial charge >= 0.3 is 0 Å². The quantitative estimate of drug-likeness (QED) is 0.630. The Morgan fingerprint density at radius 2 is 1.87 bits per heavy atom. The zero-order chi connectivity index (χ0) is 21.5. The van der Waals surface area contributed by atoms with Crippen LogP contribution in [0.1, 0.15) is 54.5 Å². The van der Waals surface area contributed by atoms with E-state index in [1.807, 2.05) is 32.0 Å². The minimum Gasteiger partial charge on any atom is -0.369 e. The maximum atomic E-state index is 12.1. The number of carbonyl (C=O) groups is 2. The second kappa shape index (κ2) is 7.57. The lowest BCUT2D eigenvalue weighted by molar-refractivity contribution is -0.191. The number of hydrogen-bond acceptors (Lipinski definition) is 6. The first kappa shape index (κ1) is 20.1. The lowest BCUT2D eigenvalue weighted by Gasteiger charge is -2.43. The number of primary amides is 1. The first-order valence-corrected chi connectivity index (χ1v) is 10.0. The van der Waals surface area contributed by atoms with Crippen molar-refractivity contribution < 1.29 is 14.3 Å². The maximum Gasteiger partial charge on any atom is 0.228 e. The Morgan fingerprint density at radius 3 is 2.50 bits per heavy atom. The number of rotatable bonds is 6. The number of aromatic nitrogens is 3. The largest absolute Gasteiger partial charge is 0.369 e. The number of nitrogens with zero attached hydrogens (tertiary/aromatic N) is 3. The molecule has 30 heavy (non-hydrogen) atoms. The van der Waals surface area contributed by atoms with Crippen LogP contribution in [0.2, 0.25) is 0 Å². The molecule has 3 aromatic heterocycles. The molecule has 2 N–H and O–H groups in total. The van der Waals surface area contributed by atoms with Crippen molar-refractivity contribution in [3.05, 3.63) is 53.7 Å². The van der Waals surface area contributed by atoms with Gasteiger partial charge in [0, 0.05) is 41.3 Å². The van der Waals surface area contributed by atoms with Gasteiger partial charge in [0.05, 0.1) is 18.0 Å². The molecule has 0 bridgehead atoms. The highest BCUT2D eigenvalue weighted by molar-refractivity contribution is 5.95. The summed E-state index contributed by atoms with van der Waals surface area (Å²) < 4.78 is 5.58. The number of ketones is 1. The Balaban J connectivity index is 1.65. The van der Waals surface area contributed by atoms with Crippen LogP contribution in [0.3, 0.4) is 0 Å². The van der Waals surface area contributed by atoms with E-state index in [0.717, 1.165) is 34.0 Å². The standard InChI is InChI=1S/C23H24N4O3/c1-4-5-20(28)18-6-13(2)16(11-27-18)17-7-14-10-26-19(8-15(14)9-25-17)21-23(3,12-30-21)22(24)29/h6-11,21H,4-5,12H2,1-3H3,(H2,24,29). The van der Waals surface area contributed by atoms with Gasteiger partial charge in [0.15, 0.2) is 5.78 Å². The molecule has 1 amide bonds. The van der Waals surface area contributed by atoms with Gasteiger partial charge in [0.25, 0.3) is 0 Å². The highest BCUT2D eigenvalue weighted by Gasteiger charge is 2.51. The molecule has 0 saturated carbocycles. The van der Waals surface area contributed by atoms with Crippen LogP contribution in [-0.4, -0.2) is 33.2 Å². The van der Waals surface area contributed by atoms with Gasteiger partial charge in [-0.05, 0) is 44.0 Å². The molecule has 0 spiro atoms. The zero-order valence-corrected chi connectivity index (χ0v) is 17.3. The van der Waals surface area contributed by atoms with E-state index >= 15 is 0 Å². The molecule has 2 unspecified atom stereocenters. The Labute approximate surface area is 174 Å². The molecule has 1 aliphatic rings. The summed E-state index contributed by atoms with van der Waals surface area (Å²) in [7, 11) is 0. The van der Waals surface area contributed by atoms with Crippen molar-refractivity contribution in [1.82, 2.24) is 15.0 Å². The van der Waals surface area contributed by atoms with Crippen molar-refractivity contribution in [3.8, 4) is 11.3 Å². The average molecular weight is 404 g/mol. The Bertz CT molecular complexity index is 1160. The molecule has 4 rings (SSSR count). The van der Waals surface area contributed by atoms with Gasteiger partial charge in [-0.15, -0.1) is 0 Å². The molecular formula is C23H24N4O3. The second-order valence-electron chi connectivity index (χ2n) is 8.06. The van der Waals surface area contributed by atoms with Crippen molar-refractivity contribution in [2.24, 2.45) is 11.1 Å². The summed E-state index contributed by atoms with van der Waals surface area (Å²) in [4.78, 5) is 37.3. The highest BCUT2D eigenvalue weighted by Crippen LogP contribution is 2.45. The number of pyridine rings is 3. The molecule has 0 aliphatic carbocycles. The summed E-state index contributed by atoms with van der Waals surface area (Å²) in [5.41, 5.74) is 8.53. The van der Waals surface area contributed by atoms with E-state index in [0.29, 0.717) is 24.4 Å². The highest BCUT2D eigenvalue weighted by atomic mass is 16.5. The lowest BCUT2D eigenvalue weighted by atomic mass is 9.77. The fraction of sp³-hybridized carbons (Fsp3) is 0.348. The van der Waals surface area contributed by atoms with Crippen LogP contribution in [0.15, 0.2) is 36.8 Å². The molecule has 3 aromatic rings. The number of ether oxygens (including phenoxy) is 1. The number of fused-ring (bicyclic) bond motifs is 1. The van der Waals surface area contributed by atoms with Crippen LogP contribution in [-0.2, 0) is 9.53 Å². The molecule has 7 nitrogen and oxygen atoms in total. The van der Waals surface area contributed by atoms with Crippen LogP contribution in [0.4, 0.5) is 0 Å². The van der Waals surface area contributed by atoms with Crippen LogP contribution >= 0.6 is 0 Å². The van der Waals surface area contributed by atoms with Crippen molar-refractivity contribution in [3.63, 3.8) is 0 Å². The summed E-state index contributed by atoms with van der Waals surface area (Å²) in [6.07, 6.45) is 6.07. The number of carbonyl (C=O) groups excluding carboxylic acids is 2. The number of Topliss-reactive ketones (excluding diaryl/α,β-unsaturated/α-hetero) is 1. The van der Waals surface area contributed by atoms with E-state index < -0.39 is 17.4 Å². The van der Waals surface area contributed by atoms with Crippen LogP contribution in [0.25, 0.3) is 22.0 Å². The molecule has 1 saturated heterocycles. The Hall–Kier alpha value is -3.19. The van der Waals surface area contributed by atoms with Gasteiger partial charge in [-0.2, -0.15) is 0 Å². The monoisotopic (exact) mass is 404 g/mol. The maximum absolute atomic E-state index is 12.1. The third-order valence-corrected chi connectivity index (χ3v) is 5.73. The molecule has 154 valence electrons. The van der Waals surface area contributed by atoms with Gasteiger partial charge in [-0.25, -0.2) is 0 Å². The molecule has 0 radical (unpaired) electrons. The molecule has 7 heteroatoms. The average Bonchev–Trinajstić information content (AvgIpc) is 2.72. The van der Waals surface area contributed by atoms with Gasteiger partial charge < -0.3 is 10.5 Å². The first-order valence-electron chi connectivity index (χ1n) is 10.0. The van der Waals surface area contributed by atoms with Gasteiger partial charge in [-0.1, -0.05) is 6.92 Å². The summed E-state index contributed by atoms with van der Waals surface area (Å²) >= 11 is 0. The van der Waals surface area contributed by atoms with Gasteiger partial charge in [0.1, 0.15) is 17.2 Å². The molecule has 0 aromatic carbocycles. The number of nitrogens with two attached hydrogens (primary N) is 1. The minimum absolute atomic E-state index is 0.0523. The van der Waals surface area contributed by atoms with Crippen molar-refractivity contribution in [2.75, 3.05) is 6.61 Å². The minimum atomic E-state index is -0.742. The Morgan fingerprint density at radius 1 is 1.13 bits per heavy atom. The molecule has 2 atom stereocenters. The smallest absolute Gasteiger partial charge is 0.228 e. The second-order valence-corrected chi connectivity index (χ2v) is 8.06. The number of amides is 1. The number of aryl methyl sites for hydroxylation is 1. The predicted octanol–water partition coefficient (Wildman–Crippen LogP) is 3.55. The van der Waals surface area contributed by atoms with Crippen LogP contribution in [0.5, 0.6) is 0 Å². The van der Waals surface area contributed by atoms with Gasteiger partial charge in [-0.3, -0.25) is 24.5 Å². The zero-order valence-electron chi connectivity index (χ0n) is 17.3. The predicted molar refractivity (Wildman–Crippen MR) is 113 cm³/mol. The normalized spacial score (nSPS) is 20.7. The summed E-state index contributed by atoms with van der Waals surface area (Å²) in [5, 5.41) is 1.81. The van der Waals surface area contributed by atoms with Crippen molar-refractivity contribution >= 4 is 22.5 Å². The molecule has 1 fully saturated rings. The summed E-state index contributed by atoms with van der Waals surface area (Å²) in [5.74, 6) is -0.338. The van der Waals surface area contributed by atoms with E-state index in [1.54, 1.807) is 25.5 Å². The Kier molecular flexibility index (Phi) is 5.07. The first-order chi connectivity index (χ1) is 14.3. The summed E-state index contributed by atoms with van der Waals surface area (Å²) in [6, 6.07) is 5.65. The van der Waals surface area contributed by atoms with Gasteiger partial charge in [0.2, 0.25) is 5.91 Å². The van der Waals surface area contributed by atoms with Crippen molar-refractivity contribution in [1.29, 1.82) is 0 Å². The summed E-state index contributed by atoms with van der Waals surface area (Å²) in [6.45, 7) is 6.02. The lowest BCUT2D eigenvalue weighted by Crippen LogP contribution is -2.52. The third-order valence-electron chi connectivity index (χ3n) is 5.73. The van der Waals surface area contributed by atoms with E-state index in [9.17, 15) is 9.59 Å². The SMILES string of the molecule is CCCC(=O)c1cc(C)c(-c2cc3cnc(C4OCC4(C)C(N)=O)cc3cn2)cn1. The fourth-order valence-corrected chi connectivity index (χ4v) is 3.71. The molecule has 4 heterocycles.